The van der Waals surface area contributed by atoms with Crippen LogP contribution in [-0.2, 0) is 11.3 Å². The van der Waals surface area contributed by atoms with Gasteiger partial charge < -0.3 is 14.6 Å². The Morgan fingerprint density at radius 2 is 2.16 bits per heavy atom. The molecule has 0 bridgehead atoms. The number of nitro benzene ring substituents is 1. The van der Waals surface area contributed by atoms with E-state index >= 15 is 0 Å². The SMILES string of the molecule is O=[N+]([O-])c1cc(CO)ccc1OCC1CCOCC1. The van der Waals surface area contributed by atoms with Crippen molar-refractivity contribution >= 4 is 5.69 Å². The second kappa shape index (κ2) is 6.49. The quantitative estimate of drug-likeness (QED) is 0.650. The molecule has 1 aromatic rings. The summed E-state index contributed by atoms with van der Waals surface area (Å²) in [5, 5.41) is 20.0. The Bertz CT molecular complexity index is 443. The summed E-state index contributed by atoms with van der Waals surface area (Å²) in [5.74, 6) is 0.638. The Morgan fingerprint density at radius 1 is 1.42 bits per heavy atom. The van der Waals surface area contributed by atoms with Gasteiger partial charge in [0, 0.05) is 19.3 Å². The maximum atomic E-state index is 11.0. The van der Waals surface area contributed by atoms with E-state index in [1.807, 2.05) is 0 Å². The third-order valence-corrected chi connectivity index (χ3v) is 3.22. The van der Waals surface area contributed by atoms with E-state index in [0.29, 0.717) is 18.1 Å². The molecule has 1 saturated heterocycles. The Labute approximate surface area is 111 Å². The molecule has 0 unspecified atom stereocenters. The topological polar surface area (TPSA) is 81.8 Å². The highest BCUT2D eigenvalue weighted by Gasteiger charge is 2.19. The zero-order valence-corrected chi connectivity index (χ0v) is 10.6. The van der Waals surface area contributed by atoms with Crippen molar-refractivity contribution in [2.75, 3.05) is 19.8 Å². The van der Waals surface area contributed by atoms with Crippen LogP contribution in [0.15, 0.2) is 18.2 Å². The van der Waals surface area contributed by atoms with Gasteiger partial charge in [0.1, 0.15) is 0 Å². The lowest BCUT2D eigenvalue weighted by Crippen LogP contribution is -2.21. The van der Waals surface area contributed by atoms with Crippen molar-refractivity contribution < 1.29 is 19.5 Å². The largest absolute Gasteiger partial charge is 0.487 e. The number of aliphatic hydroxyl groups excluding tert-OH is 1. The highest BCUT2D eigenvalue weighted by Crippen LogP contribution is 2.29. The van der Waals surface area contributed by atoms with Crippen molar-refractivity contribution in [1.29, 1.82) is 0 Å². The van der Waals surface area contributed by atoms with Gasteiger partial charge in [0.2, 0.25) is 0 Å². The molecule has 0 saturated carbocycles. The van der Waals surface area contributed by atoms with Gasteiger partial charge in [-0.05, 0) is 30.4 Å². The first kappa shape index (κ1) is 13.8. The first-order valence-electron chi connectivity index (χ1n) is 6.29. The van der Waals surface area contributed by atoms with Gasteiger partial charge in [-0.2, -0.15) is 0 Å². The summed E-state index contributed by atoms with van der Waals surface area (Å²) in [6.45, 7) is 1.68. The Balaban J connectivity index is 2.04. The molecule has 1 aliphatic rings. The van der Waals surface area contributed by atoms with E-state index in [0.717, 1.165) is 26.1 Å². The van der Waals surface area contributed by atoms with Gasteiger partial charge in [-0.1, -0.05) is 6.07 Å². The number of nitrogens with zero attached hydrogens (tertiary/aromatic N) is 1. The summed E-state index contributed by atoms with van der Waals surface area (Å²) in [6, 6.07) is 4.52. The third kappa shape index (κ3) is 3.65. The lowest BCUT2D eigenvalue weighted by Gasteiger charge is -2.22. The second-order valence-electron chi connectivity index (χ2n) is 4.58. The first-order chi connectivity index (χ1) is 9.20. The van der Waals surface area contributed by atoms with Crippen molar-refractivity contribution in [2.24, 2.45) is 5.92 Å². The maximum absolute atomic E-state index is 11.0. The summed E-state index contributed by atoms with van der Waals surface area (Å²) < 4.78 is 10.8. The molecule has 1 N–H and O–H groups in total. The Hall–Kier alpha value is -1.66. The van der Waals surface area contributed by atoms with E-state index in [1.54, 1.807) is 12.1 Å². The summed E-state index contributed by atoms with van der Waals surface area (Å²) in [7, 11) is 0. The van der Waals surface area contributed by atoms with Gasteiger partial charge in [-0.25, -0.2) is 0 Å². The Morgan fingerprint density at radius 3 is 2.79 bits per heavy atom. The molecule has 6 nitrogen and oxygen atoms in total. The smallest absolute Gasteiger partial charge is 0.311 e. The van der Waals surface area contributed by atoms with E-state index in [2.05, 4.69) is 0 Å². The molecule has 0 atom stereocenters. The molecule has 1 aromatic carbocycles. The molecule has 1 heterocycles. The number of nitro groups is 1. The van der Waals surface area contributed by atoms with Crippen LogP contribution in [0.4, 0.5) is 5.69 Å². The highest BCUT2D eigenvalue weighted by atomic mass is 16.6. The predicted molar refractivity (Wildman–Crippen MR) is 68.1 cm³/mol. The average molecular weight is 267 g/mol. The maximum Gasteiger partial charge on any atom is 0.311 e. The lowest BCUT2D eigenvalue weighted by molar-refractivity contribution is -0.386. The van der Waals surface area contributed by atoms with Crippen LogP contribution in [-0.4, -0.2) is 29.9 Å². The molecule has 2 rings (SSSR count). The van der Waals surface area contributed by atoms with E-state index in [-0.39, 0.29) is 18.0 Å². The molecule has 0 spiro atoms. The zero-order valence-electron chi connectivity index (χ0n) is 10.6. The van der Waals surface area contributed by atoms with Crippen molar-refractivity contribution in [2.45, 2.75) is 19.4 Å². The number of rotatable bonds is 5. The number of aliphatic hydroxyl groups is 1. The monoisotopic (exact) mass is 267 g/mol. The fourth-order valence-corrected chi connectivity index (χ4v) is 2.05. The van der Waals surface area contributed by atoms with E-state index in [4.69, 9.17) is 14.6 Å². The van der Waals surface area contributed by atoms with Crippen LogP contribution < -0.4 is 4.74 Å². The Kier molecular flexibility index (Phi) is 4.70. The minimum Gasteiger partial charge on any atom is -0.487 e. The molecule has 0 radical (unpaired) electrons. The average Bonchev–Trinajstić information content (AvgIpc) is 2.46. The van der Waals surface area contributed by atoms with Crippen LogP contribution in [0, 0.1) is 16.0 Å². The van der Waals surface area contributed by atoms with Gasteiger partial charge in [0.05, 0.1) is 18.1 Å². The van der Waals surface area contributed by atoms with Gasteiger partial charge in [-0.15, -0.1) is 0 Å². The molecule has 0 aromatic heterocycles. The van der Waals surface area contributed by atoms with Crippen LogP contribution in [0.25, 0.3) is 0 Å². The first-order valence-corrected chi connectivity index (χ1v) is 6.29. The minimum absolute atomic E-state index is 0.0985. The molecule has 6 heteroatoms. The summed E-state index contributed by atoms with van der Waals surface area (Å²) in [5.41, 5.74) is 0.406. The number of ether oxygens (including phenoxy) is 2. The summed E-state index contributed by atoms with van der Waals surface area (Å²) >= 11 is 0. The van der Waals surface area contributed by atoms with E-state index < -0.39 is 4.92 Å². The van der Waals surface area contributed by atoms with Gasteiger partial charge in [0.15, 0.2) is 5.75 Å². The van der Waals surface area contributed by atoms with Gasteiger partial charge in [0.25, 0.3) is 0 Å². The summed E-state index contributed by atoms with van der Waals surface area (Å²) in [6.07, 6.45) is 1.84. The molecule has 0 aliphatic carbocycles. The lowest BCUT2D eigenvalue weighted by atomic mass is 10.0. The standard InChI is InChI=1S/C13H17NO5/c15-8-11-1-2-13(12(7-11)14(16)17)19-9-10-3-5-18-6-4-10/h1-2,7,10,15H,3-6,8-9H2. The molecule has 0 amide bonds. The molecule has 1 aliphatic heterocycles. The van der Waals surface area contributed by atoms with Gasteiger partial charge >= 0.3 is 5.69 Å². The fraction of sp³-hybridized carbons (Fsp3) is 0.538. The van der Waals surface area contributed by atoms with E-state index in [9.17, 15) is 10.1 Å². The van der Waals surface area contributed by atoms with E-state index in [1.165, 1.54) is 6.07 Å². The van der Waals surface area contributed by atoms with Crippen LogP contribution in [0.2, 0.25) is 0 Å². The van der Waals surface area contributed by atoms with Crippen LogP contribution in [0.1, 0.15) is 18.4 Å². The number of hydrogen-bond donors (Lipinski definition) is 1. The normalized spacial score (nSPS) is 16.3. The minimum atomic E-state index is -0.488. The summed E-state index contributed by atoms with van der Waals surface area (Å²) in [4.78, 5) is 10.5. The van der Waals surface area contributed by atoms with Crippen molar-refractivity contribution in [3.8, 4) is 5.75 Å². The van der Waals surface area contributed by atoms with Crippen LogP contribution in [0.3, 0.4) is 0 Å². The van der Waals surface area contributed by atoms with Crippen molar-refractivity contribution in [1.82, 2.24) is 0 Å². The van der Waals surface area contributed by atoms with Gasteiger partial charge in [-0.3, -0.25) is 10.1 Å². The number of benzene rings is 1. The van der Waals surface area contributed by atoms with Crippen LogP contribution >= 0.6 is 0 Å². The third-order valence-electron chi connectivity index (χ3n) is 3.22. The highest BCUT2D eigenvalue weighted by molar-refractivity contribution is 5.48. The molecule has 19 heavy (non-hydrogen) atoms. The zero-order chi connectivity index (χ0) is 13.7. The number of hydrogen-bond acceptors (Lipinski definition) is 5. The molecular formula is C13H17NO5. The fourth-order valence-electron chi connectivity index (χ4n) is 2.05. The second-order valence-corrected chi connectivity index (χ2v) is 4.58. The molecule has 104 valence electrons. The molecule has 1 fully saturated rings. The van der Waals surface area contributed by atoms with Crippen LogP contribution in [0.5, 0.6) is 5.75 Å². The predicted octanol–water partition coefficient (Wildman–Crippen LogP) is 1.89. The van der Waals surface area contributed by atoms with Crippen molar-refractivity contribution in [3.63, 3.8) is 0 Å². The van der Waals surface area contributed by atoms with Crippen molar-refractivity contribution in [3.05, 3.63) is 33.9 Å². The molecular weight excluding hydrogens is 250 g/mol.